The van der Waals surface area contributed by atoms with Gasteiger partial charge in [-0.3, -0.25) is 9.59 Å². The van der Waals surface area contributed by atoms with Crippen LogP contribution in [-0.4, -0.2) is 17.0 Å². The molecule has 22 heavy (non-hydrogen) atoms. The van der Waals surface area contributed by atoms with E-state index in [9.17, 15) is 14.7 Å². The van der Waals surface area contributed by atoms with Gasteiger partial charge >= 0.3 is 5.97 Å². The van der Waals surface area contributed by atoms with Crippen molar-refractivity contribution in [1.29, 1.82) is 0 Å². The number of thiophene rings is 1. The Bertz CT molecular complexity index is 610. The first kappa shape index (κ1) is 16.2. The highest BCUT2D eigenvalue weighted by Gasteiger charge is 2.26. The maximum Gasteiger partial charge on any atom is 0.308 e. The molecule has 0 radical (unpaired) electrons. The van der Waals surface area contributed by atoms with Crippen LogP contribution in [0.5, 0.6) is 0 Å². The summed E-state index contributed by atoms with van der Waals surface area (Å²) in [6.07, 6.45) is 1.02. The van der Waals surface area contributed by atoms with Crippen LogP contribution in [0.15, 0.2) is 47.2 Å². The van der Waals surface area contributed by atoms with Crippen LogP contribution in [-0.2, 0) is 16.0 Å². The van der Waals surface area contributed by atoms with Crippen molar-refractivity contribution in [3.63, 3.8) is 0 Å². The van der Waals surface area contributed by atoms with E-state index in [2.05, 4.69) is 5.32 Å². The molecule has 1 aromatic carbocycles. The van der Waals surface area contributed by atoms with Crippen LogP contribution in [0.1, 0.15) is 30.5 Å². The number of benzene rings is 1. The third-order valence-corrected chi connectivity index (χ3v) is 4.32. The molecular formula is C17H19NO3S. The Hall–Kier alpha value is -2.14. The van der Waals surface area contributed by atoms with Crippen molar-refractivity contribution >= 4 is 23.2 Å². The zero-order valence-corrected chi connectivity index (χ0v) is 13.2. The number of carboxylic acid groups (broad SMARTS) is 1. The second-order valence-electron chi connectivity index (χ2n) is 5.21. The lowest BCUT2D eigenvalue weighted by molar-refractivity contribution is -0.142. The molecular weight excluding hydrogens is 298 g/mol. The fourth-order valence-corrected chi connectivity index (χ4v) is 2.94. The first-order valence-electron chi connectivity index (χ1n) is 7.16. The summed E-state index contributed by atoms with van der Waals surface area (Å²) in [4.78, 5) is 23.4. The van der Waals surface area contributed by atoms with Crippen LogP contribution in [0.3, 0.4) is 0 Å². The molecule has 2 N–H and O–H groups in total. The van der Waals surface area contributed by atoms with Gasteiger partial charge in [0.15, 0.2) is 0 Å². The molecule has 2 aromatic rings. The molecule has 0 fully saturated rings. The number of hydrogen-bond acceptors (Lipinski definition) is 3. The van der Waals surface area contributed by atoms with Gasteiger partial charge in [-0.15, -0.1) is 0 Å². The van der Waals surface area contributed by atoms with Crippen LogP contribution in [0, 0.1) is 5.92 Å². The van der Waals surface area contributed by atoms with Crippen molar-refractivity contribution in [2.45, 2.75) is 25.8 Å². The highest BCUT2D eigenvalue weighted by molar-refractivity contribution is 7.07. The molecule has 0 unspecified atom stereocenters. The number of amides is 1. The Morgan fingerprint density at radius 2 is 1.95 bits per heavy atom. The molecule has 0 bridgehead atoms. The molecule has 0 saturated carbocycles. The predicted molar refractivity (Wildman–Crippen MR) is 86.8 cm³/mol. The summed E-state index contributed by atoms with van der Waals surface area (Å²) in [5, 5.41) is 16.1. The first-order valence-corrected chi connectivity index (χ1v) is 8.10. The van der Waals surface area contributed by atoms with Gasteiger partial charge in [0.1, 0.15) is 0 Å². The highest BCUT2D eigenvalue weighted by Crippen LogP contribution is 2.22. The molecule has 1 heterocycles. The zero-order chi connectivity index (χ0) is 15.9. The number of carbonyl (C=O) groups excluding carboxylic acids is 1. The molecule has 0 aliphatic rings. The van der Waals surface area contributed by atoms with Gasteiger partial charge in [-0.1, -0.05) is 30.3 Å². The van der Waals surface area contributed by atoms with E-state index in [0.29, 0.717) is 12.8 Å². The van der Waals surface area contributed by atoms with Gasteiger partial charge in [0.05, 0.1) is 12.0 Å². The number of nitrogens with one attached hydrogen (secondary N) is 1. The molecule has 0 aliphatic heterocycles. The fourth-order valence-electron chi connectivity index (χ4n) is 2.24. The largest absolute Gasteiger partial charge is 0.481 e. The topological polar surface area (TPSA) is 66.4 Å². The Morgan fingerprint density at radius 1 is 1.23 bits per heavy atom. The summed E-state index contributed by atoms with van der Waals surface area (Å²) in [5.41, 5.74) is 1.93. The molecule has 0 aliphatic carbocycles. The number of carboxylic acids is 1. The minimum absolute atomic E-state index is 0.131. The average Bonchev–Trinajstić information content (AvgIpc) is 3.04. The van der Waals surface area contributed by atoms with Gasteiger partial charge in [-0.2, -0.15) is 11.3 Å². The van der Waals surface area contributed by atoms with Gasteiger partial charge in [-0.05, 0) is 41.3 Å². The lowest BCUT2D eigenvalue weighted by Gasteiger charge is -2.23. The van der Waals surface area contributed by atoms with Crippen molar-refractivity contribution in [3.8, 4) is 0 Å². The third kappa shape index (κ3) is 4.43. The van der Waals surface area contributed by atoms with Crippen molar-refractivity contribution in [2.75, 3.05) is 0 Å². The van der Waals surface area contributed by atoms with E-state index in [1.807, 2.05) is 47.2 Å². The molecule has 1 amide bonds. The van der Waals surface area contributed by atoms with Crippen LogP contribution >= 0.6 is 11.3 Å². The Kier molecular flexibility index (Phi) is 5.72. The quantitative estimate of drug-likeness (QED) is 0.823. The van der Waals surface area contributed by atoms with E-state index < -0.39 is 17.9 Å². The summed E-state index contributed by atoms with van der Waals surface area (Å²) in [6, 6.07) is 10.7. The smallest absolute Gasteiger partial charge is 0.308 e. The standard InChI is InChI=1S/C17H19NO3S/c1-12(17(20)21)16(14-5-3-2-4-6-14)18-15(19)8-7-13-9-10-22-11-13/h2-6,9-12,16H,7-8H2,1H3,(H,18,19)(H,20,21)/t12-,16+/m0/s1. The van der Waals surface area contributed by atoms with E-state index in [4.69, 9.17) is 0 Å². The lowest BCUT2D eigenvalue weighted by atomic mass is 9.94. The van der Waals surface area contributed by atoms with Crippen LogP contribution in [0.2, 0.25) is 0 Å². The minimum atomic E-state index is -0.924. The van der Waals surface area contributed by atoms with Crippen molar-refractivity contribution in [2.24, 2.45) is 5.92 Å². The van der Waals surface area contributed by atoms with Gasteiger partial charge < -0.3 is 10.4 Å². The van der Waals surface area contributed by atoms with Crippen LogP contribution < -0.4 is 5.32 Å². The van der Waals surface area contributed by atoms with Crippen molar-refractivity contribution in [3.05, 3.63) is 58.3 Å². The average molecular weight is 317 g/mol. The number of aryl methyl sites for hydroxylation is 1. The SMILES string of the molecule is C[C@H](C(=O)O)[C@@H](NC(=O)CCc1ccsc1)c1ccccc1. The molecule has 5 heteroatoms. The second kappa shape index (κ2) is 7.75. The van der Waals surface area contributed by atoms with Gasteiger partial charge in [0.25, 0.3) is 0 Å². The lowest BCUT2D eigenvalue weighted by Crippen LogP contribution is -2.35. The molecule has 2 atom stereocenters. The Labute approximate surface area is 133 Å². The monoisotopic (exact) mass is 317 g/mol. The number of hydrogen-bond donors (Lipinski definition) is 2. The van der Waals surface area contributed by atoms with Crippen LogP contribution in [0.25, 0.3) is 0 Å². The third-order valence-electron chi connectivity index (χ3n) is 3.59. The second-order valence-corrected chi connectivity index (χ2v) is 5.99. The summed E-state index contributed by atoms with van der Waals surface area (Å²) in [7, 11) is 0. The zero-order valence-electron chi connectivity index (χ0n) is 12.4. The van der Waals surface area contributed by atoms with E-state index in [1.165, 1.54) is 0 Å². The van der Waals surface area contributed by atoms with E-state index >= 15 is 0 Å². The Balaban J connectivity index is 2.02. The van der Waals surface area contributed by atoms with Gasteiger partial charge in [-0.25, -0.2) is 0 Å². The number of rotatable bonds is 7. The van der Waals surface area contributed by atoms with E-state index in [0.717, 1.165) is 11.1 Å². The number of aliphatic carboxylic acids is 1. The Morgan fingerprint density at radius 3 is 2.55 bits per heavy atom. The fraction of sp³-hybridized carbons (Fsp3) is 0.294. The molecule has 0 saturated heterocycles. The van der Waals surface area contributed by atoms with Gasteiger partial charge in [0.2, 0.25) is 5.91 Å². The normalized spacial score (nSPS) is 13.3. The van der Waals surface area contributed by atoms with Gasteiger partial charge in [0, 0.05) is 6.42 Å². The maximum absolute atomic E-state index is 12.1. The molecule has 116 valence electrons. The van der Waals surface area contributed by atoms with Crippen LogP contribution in [0.4, 0.5) is 0 Å². The summed E-state index contributed by atoms with van der Waals surface area (Å²) < 4.78 is 0. The first-order chi connectivity index (χ1) is 10.6. The molecule has 0 spiro atoms. The maximum atomic E-state index is 12.1. The summed E-state index contributed by atoms with van der Waals surface area (Å²) in [6.45, 7) is 1.61. The summed E-state index contributed by atoms with van der Waals surface area (Å²) in [5.74, 6) is -1.74. The highest BCUT2D eigenvalue weighted by atomic mass is 32.1. The minimum Gasteiger partial charge on any atom is -0.481 e. The van der Waals surface area contributed by atoms with E-state index in [1.54, 1.807) is 18.3 Å². The molecule has 1 aromatic heterocycles. The van der Waals surface area contributed by atoms with Crippen molar-refractivity contribution in [1.82, 2.24) is 5.32 Å². The molecule has 2 rings (SSSR count). The van der Waals surface area contributed by atoms with Crippen molar-refractivity contribution < 1.29 is 14.7 Å². The van der Waals surface area contributed by atoms with E-state index in [-0.39, 0.29) is 5.91 Å². The number of carbonyl (C=O) groups is 2. The summed E-state index contributed by atoms with van der Waals surface area (Å²) >= 11 is 1.60. The predicted octanol–water partition coefficient (Wildman–Crippen LogP) is 3.26. The molecule has 4 nitrogen and oxygen atoms in total.